The minimum atomic E-state index is 0.942. The molecule has 70 valence electrons. The molecule has 0 bridgehead atoms. The van der Waals surface area contributed by atoms with Crippen LogP contribution in [-0.2, 0) is 0 Å². The van der Waals surface area contributed by atoms with Crippen LogP contribution in [0.1, 0.15) is 17.1 Å². The molecule has 0 saturated carbocycles. The molecule has 0 unspecified atom stereocenters. The summed E-state index contributed by atoms with van der Waals surface area (Å²) in [5.74, 6) is 0.942. The predicted molar refractivity (Wildman–Crippen MR) is 58.7 cm³/mol. The molecule has 0 atom stereocenters. The van der Waals surface area contributed by atoms with Crippen LogP contribution in [0.15, 0.2) is 36.5 Å². The van der Waals surface area contributed by atoms with Crippen molar-refractivity contribution in [1.29, 1.82) is 0 Å². The Bertz CT molecular complexity index is 427. The minimum absolute atomic E-state index is 0.942. The van der Waals surface area contributed by atoms with Crippen LogP contribution in [-0.4, -0.2) is 9.97 Å². The first kappa shape index (κ1) is 8.75. The van der Waals surface area contributed by atoms with Crippen LogP contribution in [0.4, 0.5) is 0 Å². The SMILES string of the molecule is Cc1ncc(C=Cc2ccccc2)[nH]1. The van der Waals surface area contributed by atoms with Gasteiger partial charge in [0, 0.05) is 0 Å². The van der Waals surface area contributed by atoms with Crippen molar-refractivity contribution in [3.05, 3.63) is 53.6 Å². The molecule has 1 N–H and O–H groups in total. The van der Waals surface area contributed by atoms with Crippen LogP contribution in [0.5, 0.6) is 0 Å². The Labute approximate surface area is 83.3 Å². The maximum absolute atomic E-state index is 4.12. The van der Waals surface area contributed by atoms with Crippen LogP contribution >= 0.6 is 0 Å². The molecule has 0 amide bonds. The Hall–Kier alpha value is -1.83. The van der Waals surface area contributed by atoms with Gasteiger partial charge in [-0.15, -0.1) is 0 Å². The van der Waals surface area contributed by atoms with Gasteiger partial charge in [0.2, 0.25) is 0 Å². The number of H-pyrrole nitrogens is 1. The lowest BCUT2D eigenvalue weighted by molar-refractivity contribution is 1.15. The summed E-state index contributed by atoms with van der Waals surface area (Å²) in [6.45, 7) is 1.94. The summed E-state index contributed by atoms with van der Waals surface area (Å²) in [7, 11) is 0. The predicted octanol–water partition coefficient (Wildman–Crippen LogP) is 2.89. The fourth-order valence-corrected chi connectivity index (χ4v) is 1.27. The number of imidazole rings is 1. The van der Waals surface area contributed by atoms with Gasteiger partial charge in [0.05, 0.1) is 11.9 Å². The van der Waals surface area contributed by atoms with E-state index in [2.05, 4.69) is 28.2 Å². The van der Waals surface area contributed by atoms with Crippen LogP contribution in [0.25, 0.3) is 12.2 Å². The fraction of sp³-hybridized carbons (Fsp3) is 0.0833. The van der Waals surface area contributed by atoms with Crippen molar-refractivity contribution in [2.45, 2.75) is 6.92 Å². The summed E-state index contributed by atoms with van der Waals surface area (Å²) in [5, 5.41) is 0. The number of aryl methyl sites for hydroxylation is 1. The molecule has 0 aliphatic carbocycles. The maximum Gasteiger partial charge on any atom is 0.103 e. The number of hydrogen-bond donors (Lipinski definition) is 1. The van der Waals surface area contributed by atoms with E-state index in [0.717, 1.165) is 11.5 Å². The monoisotopic (exact) mass is 184 g/mol. The lowest BCUT2D eigenvalue weighted by Crippen LogP contribution is -1.73. The summed E-state index contributed by atoms with van der Waals surface area (Å²) in [4.78, 5) is 7.27. The molecule has 1 aromatic heterocycles. The van der Waals surface area contributed by atoms with Gasteiger partial charge in [-0.3, -0.25) is 0 Å². The third kappa shape index (κ3) is 2.10. The Kier molecular flexibility index (Phi) is 2.45. The highest BCUT2D eigenvalue weighted by atomic mass is 14.9. The van der Waals surface area contributed by atoms with E-state index in [1.54, 1.807) is 0 Å². The molecule has 1 aromatic carbocycles. The van der Waals surface area contributed by atoms with Gasteiger partial charge in [0.25, 0.3) is 0 Å². The van der Waals surface area contributed by atoms with Crippen molar-refractivity contribution in [2.75, 3.05) is 0 Å². The van der Waals surface area contributed by atoms with E-state index in [4.69, 9.17) is 0 Å². The lowest BCUT2D eigenvalue weighted by atomic mass is 10.2. The van der Waals surface area contributed by atoms with Gasteiger partial charge < -0.3 is 4.98 Å². The normalized spacial score (nSPS) is 10.9. The first-order chi connectivity index (χ1) is 6.84. The van der Waals surface area contributed by atoms with Gasteiger partial charge in [-0.25, -0.2) is 4.98 Å². The molecular weight excluding hydrogens is 172 g/mol. The Morgan fingerprint density at radius 3 is 2.57 bits per heavy atom. The highest BCUT2D eigenvalue weighted by Crippen LogP contribution is 2.05. The van der Waals surface area contributed by atoms with Crippen molar-refractivity contribution in [3.8, 4) is 0 Å². The smallest absolute Gasteiger partial charge is 0.103 e. The second-order valence-corrected chi connectivity index (χ2v) is 3.17. The van der Waals surface area contributed by atoms with Crippen LogP contribution in [0.3, 0.4) is 0 Å². The Morgan fingerprint density at radius 2 is 1.93 bits per heavy atom. The fourth-order valence-electron chi connectivity index (χ4n) is 1.27. The van der Waals surface area contributed by atoms with Crippen molar-refractivity contribution in [2.24, 2.45) is 0 Å². The van der Waals surface area contributed by atoms with Crippen molar-refractivity contribution >= 4 is 12.2 Å². The van der Waals surface area contributed by atoms with Gasteiger partial charge in [-0.05, 0) is 18.6 Å². The zero-order chi connectivity index (χ0) is 9.80. The van der Waals surface area contributed by atoms with Gasteiger partial charge >= 0.3 is 0 Å². The zero-order valence-electron chi connectivity index (χ0n) is 8.07. The van der Waals surface area contributed by atoms with Crippen LogP contribution in [0.2, 0.25) is 0 Å². The molecule has 2 rings (SSSR count). The van der Waals surface area contributed by atoms with Crippen molar-refractivity contribution < 1.29 is 0 Å². The van der Waals surface area contributed by atoms with E-state index in [1.807, 2.05) is 37.4 Å². The second kappa shape index (κ2) is 3.92. The van der Waals surface area contributed by atoms with E-state index in [0.29, 0.717) is 0 Å². The highest BCUT2D eigenvalue weighted by molar-refractivity contribution is 5.67. The third-order valence-electron chi connectivity index (χ3n) is 1.98. The van der Waals surface area contributed by atoms with E-state index < -0.39 is 0 Å². The Morgan fingerprint density at radius 1 is 1.14 bits per heavy atom. The maximum atomic E-state index is 4.12. The summed E-state index contributed by atoms with van der Waals surface area (Å²) >= 11 is 0. The number of nitrogens with one attached hydrogen (secondary N) is 1. The zero-order valence-corrected chi connectivity index (χ0v) is 8.07. The first-order valence-corrected chi connectivity index (χ1v) is 4.59. The second-order valence-electron chi connectivity index (χ2n) is 3.17. The van der Waals surface area contributed by atoms with Crippen LogP contribution in [0, 0.1) is 6.92 Å². The molecule has 0 radical (unpaired) electrons. The molecule has 2 aromatic rings. The third-order valence-corrected chi connectivity index (χ3v) is 1.98. The minimum Gasteiger partial charge on any atom is -0.343 e. The summed E-state index contributed by atoms with van der Waals surface area (Å²) in [5.41, 5.74) is 2.23. The standard InChI is InChI=1S/C12H12N2/c1-10-13-9-12(14-10)8-7-11-5-3-2-4-6-11/h2-9H,1H3,(H,13,14). The molecule has 0 spiro atoms. The van der Waals surface area contributed by atoms with Gasteiger partial charge in [-0.1, -0.05) is 36.4 Å². The van der Waals surface area contributed by atoms with E-state index in [1.165, 1.54) is 5.56 Å². The topological polar surface area (TPSA) is 28.7 Å². The summed E-state index contributed by atoms with van der Waals surface area (Å²) < 4.78 is 0. The van der Waals surface area contributed by atoms with Crippen LogP contribution < -0.4 is 0 Å². The quantitative estimate of drug-likeness (QED) is 0.763. The van der Waals surface area contributed by atoms with E-state index in [9.17, 15) is 0 Å². The first-order valence-electron chi connectivity index (χ1n) is 4.59. The number of benzene rings is 1. The number of aromatic nitrogens is 2. The van der Waals surface area contributed by atoms with Crippen molar-refractivity contribution in [1.82, 2.24) is 9.97 Å². The summed E-state index contributed by atoms with van der Waals surface area (Å²) in [6, 6.07) is 10.2. The average molecular weight is 184 g/mol. The lowest BCUT2D eigenvalue weighted by Gasteiger charge is -1.89. The van der Waals surface area contributed by atoms with Crippen molar-refractivity contribution in [3.63, 3.8) is 0 Å². The largest absolute Gasteiger partial charge is 0.343 e. The molecular formula is C12H12N2. The number of rotatable bonds is 2. The molecule has 14 heavy (non-hydrogen) atoms. The molecule has 0 aliphatic heterocycles. The molecule has 1 heterocycles. The average Bonchev–Trinajstić information content (AvgIpc) is 2.63. The molecule has 0 fully saturated rings. The molecule has 0 aliphatic rings. The highest BCUT2D eigenvalue weighted by Gasteiger charge is 1.90. The summed E-state index contributed by atoms with van der Waals surface area (Å²) in [6.07, 6.45) is 5.91. The molecule has 2 heteroatoms. The molecule has 2 nitrogen and oxygen atoms in total. The number of nitrogens with zero attached hydrogens (tertiary/aromatic N) is 1. The van der Waals surface area contributed by atoms with Gasteiger partial charge in [0.1, 0.15) is 5.82 Å². The van der Waals surface area contributed by atoms with E-state index >= 15 is 0 Å². The molecule has 0 saturated heterocycles. The Balaban J connectivity index is 2.15. The van der Waals surface area contributed by atoms with Gasteiger partial charge in [0.15, 0.2) is 0 Å². The van der Waals surface area contributed by atoms with E-state index in [-0.39, 0.29) is 0 Å². The van der Waals surface area contributed by atoms with Gasteiger partial charge in [-0.2, -0.15) is 0 Å². The number of hydrogen-bond acceptors (Lipinski definition) is 1. The number of aromatic amines is 1.